The summed E-state index contributed by atoms with van der Waals surface area (Å²) in [6.07, 6.45) is 2.69. The molecule has 0 aliphatic rings. The van der Waals surface area contributed by atoms with Crippen molar-refractivity contribution in [1.29, 1.82) is 0 Å². The van der Waals surface area contributed by atoms with E-state index >= 15 is 0 Å². The number of amides is 3. The molecule has 0 aromatic heterocycles. The Morgan fingerprint density at radius 3 is 1.87 bits per heavy atom. The average Bonchev–Trinajstić information content (AvgIpc) is 2.45. The molecule has 9 heteroatoms. The second-order valence-corrected chi connectivity index (χ2v) is 4.82. The number of hydrogen-bond donors (Lipinski definition) is 1. The van der Waals surface area contributed by atoms with Gasteiger partial charge >= 0.3 is 11.9 Å². The third-order valence-corrected chi connectivity index (χ3v) is 2.59. The van der Waals surface area contributed by atoms with Gasteiger partial charge in [-0.1, -0.05) is 12.8 Å². The SMILES string of the molecule is CC(=O)ONC(=O)CCCCCCC(=O)N(OC(C)=O)C(C)=O. The smallest absolute Gasteiger partial charge is 0.330 e. The van der Waals surface area contributed by atoms with Crippen LogP contribution in [0.4, 0.5) is 0 Å². The number of carbonyl (C=O) groups is 5. The molecule has 0 radical (unpaired) electrons. The van der Waals surface area contributed by atoms with Gasteiger partial charge in [0, 0.05) is 33.6 Å². The van der Waals surface area contributed by atoms with Crippen LogP contribution in [0.25, 0.3) is 0 Å². The van der Waals surface area contributed by atoms with Gasteiger partial charge in [-0.25, -0.2) is 4.79 Å². The summed E-state index contributed by atoms with van der Waals surface area (Å²) in [6, 6.07) is 0. The first kappa shape index (κ1) is 20.6. The van der Waals surface area contributed by atoms with Crippen molar-refractivity contribution in [3.05, 3.63) is 0 Å². The predicted octanol–water partition coefficient (Wildman–Crippen LogP) is 0.774. The minimum atomic E-state index is -0.743. The molecule has 3 amide bonds. The zero-order chi connectivity index (χ0) is 17.8. The molecule has 0 unspecified atom stereocenters. The molecule has 0 fully saturated rings. The number of imide groups is 1. The van der Waals surface area contributed by atoms with E-state index < -0.39 is 29.7 Å². The van der Waals surface area contributed by atoms with Gasteiger partial charge in [-0.05, 0) is 12.8 Å². The summed E-state index contributed by atoms with van der Waals surface area (Å²) in [5.41, 5.74) is 2.00. The Balaban J connectivity index is 3.83. The van der Waals surface area contributed by atoms with Crippen molar-refractivity contribution < 1.29 is 33.6 Å². The Hall–Kier alpha value is -2.45. The maximum absolute atomic E-state index is 11.7. The molecular formula is C14H22N2O7. The summed E-state index contributed by atoms with van der Waals surface area (Å²) >= 11 is 0. The Labute approximate surface area is 134 Å². The fourth-order valence-electron chi connectivity index (χ4n) is 1.62. The van der Waals surface area contributed by atoms with Gasteiger partial charge in [-0.15, -0.1) is 5.06 Å². The van der Waals surface area contributed by atoms with E-state index in [1.165, 1.54) is 6.92 Å². The molecule has 0 spiro atoms. The lowest BCUT2D eigenvalue weighted by atomic mass is 10.1. The molecule has 1 N–H and O–H groups in total. The van der Waals surface area contributed by atoms with Gasteiger partial charge in [0.05, 0.1) is 0 Å². The van der Waals surface area contributed by atoms with Crippen molar-refractivity contribution in [3.8, 4) is 0 Å². The maximum Gasteiger partial charge on any atom is 0.330 e. The van der Waals surface area contributed by atoms with E-state index in [1.807, 2.05) is 5.48 Å². The third kappa shape index (κ3) is 10.9. The van der Waals surface area contributed by atoms with E-state index in [9.17, 15) is 24.0 Å². The first-order chi connectivity index (χ1) is 10.7. The lowest BCUT2D eigenvalue weighted by Crippen LogP contribution is -2.36. The summed E-state index contributed by atoms with van der Waals surface area (Å²) < 4.78 is 0. The van der Waals surface area contributed by atoms with E-state index in [0.29, 0.717) is 30.7 Å². The molecule has 0 rings (SSSR count). The monoisotopic (exact) mass is 330 g/mol. The Morgan fingerprint density at radius 1 is 0.826 bits per heavy atom. The summed E-state index contributed by atoms with van der Waals surface area (Å²) in [7, 11) is 0. The topological polar surface area (TPSA) is 119 Å². The van der Waals surface area contributed by atoms with E-state index in [0.717, 1.165) is 13.8 Å². The van der Waals surface area contributed by atoms with Gasteiger partial charge in [0.1, 0.15) is 0 Å². The van der Waals surface area contributed by atoms with Crippen molar-refractivity contribution in [2.24, 2.45) is 0 Å². The highest BCUT2D eigenvalue weighted by Crippen LogP contribution is 2.08. The molecule has 0 saturated heterocycles. The summed E-state index contributed by atoms with van der Waals surface area (Å²) in [5, 5.41) is 0.453. The minimum Gasteiger partial charge on any atom is -0.341 e. The molecule has 0 aromatic carbocycles. The number of hydroxylamine groups is 3. The second kappa shape index (κ2) is 11.2. The van der Waals surface area contributed by atoms with Crippen molar-refractivity contribution >= 4 is 29.7 Å². The largest absolute Gasteiger partial charge is 0.341 e. The summed E-state index contributed by atoms with van der Waals surface area (Å²) in [6.45, 7) is 3.41. The molecule has 0 aliphatic carbocycles. The van der Waals surface area contributed by atoms with Crippen LogP contribution in [0.15, 0.2) is 0 Å². The lowest BCUT2D eigenvalue weighted by molar-refractivity contribution is -0.200. The van der Waals surface area contributed by atoms with Crippen LogP contribution in [0.1, 0.15) is 59.3 Å². The van der Waals surface area contributed by atoms with Crippen LogP contribution in [-0.2, 0) is 33.6 Å². The number of unbranched alkanes of at least 4 members (excludes halogenated alkanes) is 3. The molecule has 130 valence electrons. The molecule has 9 nitrogen and oxygen atoms in total. The van der Waals surface area contributed by atoms with E-state index in [2.05, 4.69) is 9.68 Å². The zero-order valence-corrected chi connectivity index (χ0v) is 13.5. The average molecular weight is 330 g/mol. The standard InChI is InChI=1S/C14H22N2O7/c1-10(17)16(23-12(3)19)14(21)9-7-5-4-6-8-13(20)15-22-11(2)18/h4-9H2,1-3H3,(H,15,20). The molecule has 0 bridgehead atoms. The summed E-state index contributed by atoms with van der Waals surface area (Å²) in [5.74, 6) is -2.98. The van der Waals surface area contributed by atoms with E-state index in [-0.39, 0.29) is 12.8 Å². The molecule has 0 saturated carbocycles. The predicted molar refractivity (Wildman–Crippen MR) is 76.9 cm³/mol. The first-order valence-electron chi connectivity index (χ1n) is 7.22. The number of carbonyl (C=O) groups excluding carboxylic acids is 5. The maximum atomic E-state index is 11.7. The Kier molecular flexibility index (Phi) is 9.97. The van der Waals surface area contributed by atoms with Crippen molar-refractivity contribution in [2.75, 3.05) is 0 Å². The molecule has 0 heterocycles. The zero-order valence-electron chi connectivity index (χ0n) is 13.5. The Bertz CT molecular complexity index is 462. The summed E-state index contributed by atoms with van der Waals surface area (Å²) in [4.78, 5) is 64.3. The molecule has 0 atom stereocenters. The van der Waals surface area contributed by atoms with Crippen LogP contribution in [0.3, 0.4) is 0 Å². The van der Waals surface area contributed by atoms with E-state index in [4.69, 9.17) is 0 Å². The van der Waals surface area contributed by atoms with Gasteiger partial charge in [0.25, 0.3) is 17.7 Å². The molecule has 23 heavy (non-hydrogen) atoms. The number of nitrogens with one attached hydrogen (secondary N) is 1. The fraction of sp³-hybridized carbons (Fsp3) is 0.643. The number of nitrogens with zero attached hydrogens (tertiary/aromatic N) is 1. The molecule has 0 aromatic rings. The molecule has 0 aliphatic heterocycles. The van der Waals surface area contributed by atoms with Gasteiger partial charge in [0.2, 0.25) is 0 Å². The minimum absolute atomic E-state index is 0.0620. The van der Waals surface area contributed by atoms with Gasteiger partial charge in [-0.2, -0.15) is 5.48 Å². The Morgan fingerprint density at radius 2 is 1.39 bits per heavy atom. The second-order valence-electron chi connectivity index (χ2n) is 4.82. The van der Waals surface area contributed by atoms with Crippen LogP contribution >= 0.6 is 0 Å². The molecular weight excluding hydrogens is 308 g/mol. The highest BCUT2D eigenvalue weighted by Gasteiger charge is 2.20. The third-order valence-electron chi connectivity index (χ3n) is 2.59. The number of hydrogen-bond acceptors (Lipinski definition) is 7. The highest BCUT2D eigenvalue weighted by molar-refractivity contribution is 5.93. The van der Waals surface area contributed by atoms with Crippen LogP contribution < -0.4 is 5.48 Å². The van der Waals surface area contributed by atoms with Crippen molar-refractivity contribution in [2.45, 2.75) is 59.3 Å². The fourth-order valence-corrected chi connectivity index (χ4v) is 1.62. The lowest BCUT2D eigenvalue weighted by Gasteiger charge is -2.16. The van der Waals surface area contributed by atoms with Crippen LogP contribution in [0.2, 0.25) is 0 Å². The van der Waals surface area contributed by atoms with Crippen LogP contribution in [-0.4, -0.2) is 34.7 Å². The van der Waals surface area contributed by atoms with E-state index in [1.54, 1.807) is 0 Å². The quantitative estimate of drug-likeness (QED) is 0.541. The highest BCUT2D eigenvalue weighted by atomic mass is 16.7. The number of rotatable bonds is 7. The normalized spacial score (nSPS) is 9.70. The van der Waals surface area contributed by atoms with Crippen LogP contribution in [0, 0.1) is 0 Å². The van der Waals surface area contributed by atoms with Crippen molar-refractivity contribution in [1.82, 2.24) is 10.5 Å². The van der Waals surface area contributed by atoms with Crippen molar-refractivity contribution in [3.63, 3.8) is 0 Å². The van der Waals surface area contributed by atoms with Gasteiger partial charge < -0.3 is 9.68 Å². The first-order valence-corrected chi connectivity index (χ1v) is 7.22. The van der Waals surface area contributed by atoms with Crippen LogP contribution in [0.5, 0.6) is 0 Å². The van der Waals surface area contributed by atoms with Gasteiger partial charge in [0.15, 0.2) is 0 Å². The van der Waals surface area contributed by atoms with Gasteiger partial charge in [-0.3, -0.25) is 19.2 Å².